The lowest BCUT2D eigenvalue weighted by atomic mass is 9.97. The maximum absolute atomic E-state index is 11.6. The van der Waals surface area contributed by atoms with Crippen LogP contribution >= 0.6 is 11.5 Å². The van der Waals surface area contributed by atoms with Gasteiger partial charge in [0, 0.05) is 31.2 Å². The average molecular weight is 241 g/mol. The third kappa shape index (κ3) is 3.53. The van der Waals surface area contributed by atoms with Gasteiger partial charge in [0.2, 0.25) is 5.91 Å². The molecule has 0 aliphatic carbocycles. The summed E-state index contributed by atoms with van der Waals surface area (Å²) in [6.45, 7) is 1.67. The van der Waals surface area contributed by atoms with Crippen LogP contribution in [0.15, 0.2) is 6.20 Å². The van der Waals surface area contributed by atoms with Crippen molar-refractivity contribution in [2.45, 2.75) is 25.7 Å². The molecule has 0 radical (unpaired) electrons. The zero-order chi connectivity index (χ0) is 11.2. The molecule has 0 aromatic carbocycles. The van der Waals surface area contributed by atoms with Gasteiger partial charge in [-0.15, -0.1) is 5.10 Å². The molecule has 16 heavy (non-hydrogen) atoms. The maximum atomic E-state index is 11.6. The third-order valence-electron chi connectivity index (χ3n) is 2.66. The Morgan fingerprint density at radius 3 is 3.31 bits per heavy atom. The molecular formula is C10H15N3O2S. The predicted octanol–water partition coefficient (Wildman–Crippen LogP) is 1.68. The van der Waals surface area contributed by atoms with Crippen molar-refractivity contribution in [3.05, 3.63) is 6.20 Å². The van der Waals surface area contributed by atoms with Gasteiger partial charge in [-0.25, -0.2) is 0 Å². The van der Waals surface area contributed by atoms with Gasteiger partial charge >= 0.3 is 0 Å². The van der Waals surface area contributed by atoms with Crippen molar-refractivity contribution in [2.24, 2.45) is 5.92 Å². The molecule has 0 unspecified atom stereocenters. The number of anilines is 1. The lowest BCUT2D eigenvalue weighted by molar-refractivity contribution is -0.116. The third-order valence-corrected chi connectivity index (χ3v) is 3.24. The quantitative estimate of drug-likeness (QED) is 0.871. The summed E-state index contributed by atoms with van der Waals surface area (Å²) in [7, 11) is 0. The number of hydrogen-bond acceptors (Lipinski definition) is 5. The van der Waals surface area contributed by atoms with Crippen LogP contribution in [-0.2, 0) is 9.53 Å². The van der Waals surface area contributed by atoms with Gasteiger partial charge < -0.3 is 10.1 Å². The minimum absolute atomic E-state index is 0.0385. The number of rotatable bonds is 4. The molecular weight excluding hydrogens is 226 g/mol. The molecule has 2 heterocycles. The molecule has 1 N–H and O–H groups in total. The van der Waals surface area contributed by atoms with Crippen LogP contribution < -0.4 is 5.32 Å². The van der Waals surface area contributed by atoms with Crippen molar-refractivity contribution in [2.75, 3.05) is 18.5 Å². The highest BCUT2D eigenvalue weighted by Gasteiger charge is 2.15. The van der Waals surface area contributed by atoms with Crippen molar-refractivity contribution >= 4 is 22.4 Å². The second kappa shape index (κ2) is 5.91. The van der Waals surface area contributed by atoms with Crippen molar-refractivity contribution in [3.8, 4) is 0 Å². The zero-order valence-electron chi connectivity index (χ0n) is 9.02. The van der Waals surface area contributed by atoms with Gasteiger partial charge in [-0.3, -0.25) is 4.79 Å². The fraction of sp³-hybridized carbons (Fsp3) is 0.700. The first-order valence-electron chi connectivity index (χ1n) is 5.49. The molecule has 1 aliphatic rings. The summed E-state index contributed by atoms with van der Waals surface area (Å²) >= 11 is 1.19. The Morgan fingerprint density at radius 1 is 1.69 bits per heavy atom. The van der Waals surface area contributed by atoms with E-state index in [2.05, 4.69) is 14.9 Å². The van der Waals surface area contributed by atoms with Gasteiger partial charge in [-0.2, -0.15) is 0 Å². The highest BCUT2D eigenvalue weighted by Crippen LogP contribution is 2.19. The molecule has 1 fully saturated rings. The van der Waals surface area contributed by atoms with E-state index in [4.69, 9.17) is 4.74 Å². The van der Waals surface area contributed by atoms with E-state index in [9.17, 15) is 4.79 Å². The fourth-order valence-electron chi connectivity index (χ4n) is 1.79. The maximum Gasteiger partial charge on any atom is 0.225 e. The molecule has 88 valence electrons. The molecule has 1 aliphatic heterocycles. The Labute approximate surface area is 98.4 Å². The minimum atomic E-state index is 0.0385. The molecule has 0 saturated carbocycles. The van der Waals surface area contributed by atoms with Crippen molar-refractivity contribution in [1.82, 2.24) is 9.59 Å². The van der Waals surface area contributed by atoms with E-state index >= 15 is 0 Å². The molecule has 0 bridgehead atoms. The number of amides is 1. The summed E-state index contributed by atoms with van der Waals surface area (Å²) in [5, 5.41) is 7.15. The molecule has 2 rings (SSSR count). The monoisotopic (exact) mass is 241 g/mol. The van der Waals surface area contributed by atoms with Gasteiger partial charge in [0.25, 0.3) is 0 Å². The largest absolute Gasteiger partial charge is 0.381 e. The second-order valence-electron chi connectivity index (χ2n) is 3.95. The summed E-state index contributed by atoms with van der Waals surface area (Å²) in [5.41, 5.74) is 0. The van der Waals surface area contributed by atoms with E-state index in [-0.39, 0.29) is 5.91 Å². The summed E-state index contributed by atoms with van der Waals surface area (Å²) in [6.07, 6.45) is 5.30. The van der Waals surface area contributed by atoms with Crippen molar-refractivity contribution in [1.29, 1.82) is 0 Å². The van der Waals surface area contributed by atoms with E-state index in [1.54, 1.807) is 6.20 Å². The molecule has 1 aromatic rings. The summed E-state index contributed by atoms with van der Waals surface area (Å²) in [4.78, 5) is 11.6. The summed E-state index contributed by atoms with van der Waals surface area (Å²) in [6, 6.07) is 0. The molecule has 1 aromatic heterocycles. The minimum Gasteiger partial charge on any atom is -0.381 e. The second-order valence-corrected chi connectivity index (χ2v) is 4.74. The van der Waals surface area contributed by atoms with E-state index in [1.165, 1.54) is 18.0 Å². The lowest BCUT2D eigenvalue weighted by Crippen LogP contribution is -2.19. The molecule has 5 nitrogen and oxygen atoms in total. The van der Waals surface area contributed by atoms with E-state index in [0.29, 0.717) is 17.3 Å². The zero-order valence-corrected chi connectivity index (χ0v) is 9.83. The molecule has 0 spiro atoms. The highest BCUT2D eigenvalue weighted by molar-refractivity contribution is 7.10. The number of carbonyl (C=O) groups is 1. The summed E-state index contributed by atoms with van der Waals surface area (Å²) in [5.74, 6) is 0.579. The number of ether oxygens (including phenoxy) is 1. The van der Waals surface area contributed by atoms with Gasteiger partial charge in [-0.05, 0) is 25.2 Å². The summed E-state index contributed by atoms with van der Waals surface area (Å²) < 4.78 is 9.05. The van der Waals surface area contributed by atoms with Gasteiger partial charge in [0.1, 0.15) is 5.00 Å². The van der Waals surface area contributed by atoms with Crippen LogP contribution in [-0.4, -0.2) is 28.7 Å². The number of nitrogens with zero attached hydrogens (tertiary/aromatic N) is 2. The standard InChI is InChI=1S/C10H15N3O2S/c14-9(12-10-6-11-13-16-10)4-3-8-2-1-5-15-7-8/h6,8H,1-5,7H2,(H,12,14)/t8-/m0/s1. The van der Waals surface area contributed by atoms with Crippen LogP contribution in [0.25, 0.3) is 0 Å². The van der Waals surface area contributed by atoms with Gasteiger partial charge in [-0.1, -0.05) is 4.49 Å². The average Bonchev–Trinajstić information content (AvgIpc) is 2.81. The van der Waals surface area contributed by atoms with Crippen LogP contribution in [0, 0.1) is 5.92 Å². The van der Waals surface area contributed by atoms with Crippen LogP contribution in [0.4, 0.5) is 5.00 Å². The smallest absolute Gasteiger partial charge is 0.225 e. The van der Waals surface area contributed by atoms with Gasteiger partial charge in [0.05, 0.1) is 6.20 Å². The molecule has 1 atom stereocenters. The predicted molar refractivity (Wildman–Crippen MR) is 61.3 cm³/mol. The highest BCUT2D eigenvalue weighted by atomic mass is 32.1. The Bertz CT molecular complexity index is 323. The van der Waals surface area contributed by atoms with Crippen molar-refractivity contribution < 1.29 is 9.53 Å². The van der Waals surface area contributed by atoms with E-state index in [1.807, 2.05) is 0 Å². The van der Waals surface area contributed by atoms with Gasteiger partial charge in [0.15, 0.2) is 0 Å². The topological polar surface area (TPSA) is 64.1 Å². The number of carbonyl (C=O) groups excluding carboxylic acids is 1. The van der Waals surface area contributed by atoms with E-state index in [0.717, 1.165) is 26.1 Å². The van der Waals surface area contributed by atoms with Crippen LogP contribution in [0.2, 0.25) is 0 Å². The first-order valence-corrected chi connectivity index (χ1v) is 6.27. The van der Waals surface area contributed by atoms with Crippen molar-refractivity contribution in [3.63, 3.8) is 0 Å². The Balaban J connectivity index is 1.67. The molecule has 1 saturated heterocycles. The fourth-order valence-corrected chi connectivity index (χ4v) is 2.23. The number of aromatic nitrogens is 2. The normalized spacial score (nSPS) is 20.6. The SMILES string of the molecule is O=C(CC[C@@H]1CCCOC1)Nc1cnns1. The molecule has 6 heteroatoms. The van der Waals surface area contributed by atoms with E-state index < -0.39 is 0 Å². The number of nitrogens with one attached hydrogen (secondary N) is 1. The van der Waals surface area contributed by atoms with Crippen LogP contribution in [0.1, 0.15) is 25.7 Å². The van der Waals surface area contributed by atoms with Crippen LogP contribution in [0.5, 0.6) is 0 Å². The first-order chi connectivity index (χ1) is 7.84. The number of hydrogen-bond donors (Lipinski definition) is 1. The Hall–Kier alpha value is -1.01. The molecule has 1 amide bonds. The Kier molecular flexibility index (Phi) is 4.24. The Morgan fingerprint density at radius 2 is 2.62 bits per heavy atom. The van der Waals surface area contributed by atoms with Crippen LogP contribution in [0.3, 0.4) is 0 Å². The lowest BCUT2D eigenvalue weighted by Gasteiger charge is -2.21. The first kappa shape index (κ1) is 11.5.